The Morgan fingerprint density at radius 2 is 1.76 bits per heavy atom. The van der Waals surface area contributed by atoms with Crippen molar-refractivity contribution in [1.29, 1.82) is 0 Å². The number of aryl methyl sites for hydroxylation is 1. The Hall–Kier alpha value is -3.49. The second kappa shape index (κ2) is 14.9. The first kappa shape index (κ1) is 38.7. The van der Waals surface area contributed by atoms with Gasteiger partial charge in [-0.1, -0.05) is 87.4 Å². The van der Waals surface area contributed by atoms with Gasteiger partial charge in [-0.15, -0.1) is 0 Å². The zero-order valence-electron chi connectivity index (χ0n) is 30.6. The van der Waals surface area contributed by atoms with Crippen LogP contribution in [0, 0.1) is 13.8 Å². The molecule has 14 heteroatoms. The van der Waals surface area contributed by atoms with Crippen molar-refractivity contribution < 1.29 is 35.6 Å². The fourth-order valence-corrected chi connectivity index (χ4v) is 8.69. The molecule has 1 fully saturated rings. The highest BCUT2D eigenvalue weighted by Gasteiger charge is 2.49. The van der Waals surface area contributed by atoms with Crippen molar-refractivity contribution in [2.75, 3.05) is 11.0 Å². The summed E-state index contributed by atoms with van der Waals surface area (Å²) < 4.78 is 84.5. The second-order valence-electron chi connectivity index (χ2n) is 14.9. The Morgan fingerprint density at radius 3 is 2.37 bits per heavy atom. The standard InChI is InChI=1S/C37H49F3N4O5SSi/c1-8-9-16-33-41-36(19-12-13-20-36)35(45)43(33)23-28-17-18-30(29(21-28)22-37(38,39)40)31-14-10-11-15-32(31)50(46,47)44(24-48-27(4)51(5,6)7)34-25(2)26(3)42-49-34/h10-11,14-15,17-18,21,27H,8-9,12-13,16,19-20,22-24H2,1-7H3. The van der Waals surface area contributed by atoms with E-state index < -0.39 is 36.2 Å². The van der Waals surface area contributed by atoms with E-state index in [2.05, 4.69) is 31.7 Å². The molecule has 9 nitrogen and oxygen atoms in total. The van der Waals surface area contributed by atoms with Gasteiger partial charge in [0.15, 0.2) is 0 Å². The number of amidine groups is 1. The Kier molecular flexibility index (Phi) is 11.3. The molecule has 0 saturated heterocycles. The molecule has 5 rings (SSSR count). The third-order valence-corrected chi connectivity index (χ3v) is 14.5. The molecule has 1 unspecified atom stereocenters. The minimum atomic E-state index is -4.59. The number of ether oxygens (including phenoxy) is 1. The van der Waals surface area contributed by atoms with E-state index in [4.69, 9.17) is 14.3 Å². The molecular weight excluding hydrogens is 698 g/mol. The predicted octanol–water partition coefficient (Wildman–Crippen LogP) is 8.74. The van der Waals surface area contributed by atoms with E-state index >= 15 is 0 Å². The van der Waals surface area contributed by atoms with Crippen LogP contribution in [-0.2, 0) is 32.5 Å². The summed E-state index contributed by atoms with van der Waals surface area (Å²) in [7, 11) is -6.31. The number of nitrogens with zero attached hydrogens (tertiary/aromatic N) is 4. The van der Waals surface area contributed by atoms with Gasteiger partial charge in [0.25, 0.3) is 15.9 Å². The van der Waals surface area contributed by atoms with Crippen molar-refractivity contribution in [3.63, 3.8) is 0 Å². The van der Waals surface area contributed by atoms with Gasteiger partial charge >= 0.3 is 6.18 Å². The van der Waals surface area contributed by atoms with Gasteiger partial charge in [0, 0.05) is 23.3 Å². The summed E-state index contributed by atoms with van der Waals surface area (Å²) in [4.78, 5) is 20.1. The van der Waals surface area contributed by atoms with Crippen LogP contribution in [0.5, 0.6) is 0 Å². The minimum Gasteiger partial charge on any atom is -0.360 e. The fourth-order valence-electron chi connectivity index (χ4n) is 6.59. The smallest absolute Gasteiger partial charge is 0.360 e. The molecule has 1 aliphatic heterocycles. The fraction of sp³-hybridized carbons (Fsp3) is 0.541. The van der Waals surface area contributed by atoms with E-state index in [1.165, 1.54) is 30.3 Å². The van der Waals surface area contributed by atoms with Crippen molar-refractivity contribution in [2.24, 2.45) is 4.99 Å². The number of carbonyl (C=O) groups excluding carboxylic acids is 1. The van der Waals surface area contributed by atoms with Gasteiger partial charge in [0.2, 0.25) is 5.88 Å². The third kappa shape index (κ3) is 8.28. The van der Waals surface area contributed by atoms with Crippen LogP contribution in [0.1, 0.15) is 81.2 Å². The number of halogens is 3. The van der Waals surface area contributed by atoms with Crippen LogP contribution in [0.3, 0.4) is 0 Å². The molecule has 51 heavy (non-hydrogen) atoms. The van der Waals surface area contributed by atoms with Crippen molar-refractivity contribution in [3.8, 4) is 11.1 Å². The first-order chi connectivity index (χ1) is 23.9. The van der Waals surface area contributed by atoms with Gasteiger partial charge < -0.3 is 9.26 Å². The first-order valence-corrected chi connectivity index (χ1v) is 22.7. The van der Waals surface area contributed by atoms with E-state index in [9.17, 15) is 26.4 Å². The van der Waals surface area contributed by atoms with Crippen LogP contribution in [0.25, 0.3) is 11.1 Å². The molecule has 1 saturated carbocycles. The van der Waals surface area contributed by atoms with E-state index in [1.54, 1.807) is 30.9 Å². The Balaban J connectivity index is 1.56. The Bertz CT molecular complexity index is 1880. The SMILES string of the molecule is CCCCC1=NC2(CCCC2)C(=O)N1Cc1ccc(-c2ccccc2S(=O)(=O)N(COC(C)[Si](C)(C)C)c2onc(C)c2C)c(CC(F)(F)F)c1. The van der Waals surface area contributed by atoms with Gasteiger partial charge in [-0.05, 0) is 62.8 Å². The predicted molar refractivity (Wildman–Crippen MR) is 195 cm³/mol. The zero-order valence-corrected chi connectivity index (χ0v) is 32.4. The monoisotopic (exact) mass is 746 g/mol. The average molecular weight is 747 g/mol. The first-order valence-electron chi connectivity index (χ1n) is 17.6. The number of carbonyl (C=O) groups is 1. The van der Waals surface area contributed by atoms with Crippen LogP contribution in [0.4, 0.5) is 19.1 Å². The summed E-state index contributed by atoms with van der Waals surface area (Å²) in [5, 5.41) is 3.97. The van der Waals surface area contributed by atoms with E-state index in [0.29, 0.717) is 41.9 Å². The number of unbranched alkanes of at least 4 members (excludes halogenated alkanes) is 1. The van der Waals surface area contributed by atoms with Crippen molar-refractivity contribution in [1.82, 2.24) is 10.1 Å². The lowest BCUT2D eigenvalue weighted by molar-refractivity contribution is -0.131. The molecule has 1 amide bonds. The number of rotatable bonds is 14. The van der Waals surface area contributed by atoms with E-state index in [1.807, 2.05) is 6.92 Å². The zero-order chi connectivity index (χ0) is 37.4. The van der Waals surface area contributed by atoms with Crippen molar-refractivity contribution >= 4 is 35.7 Å². The van der Waals surface area contributed by atoms with Crippen LogP contribution < -0.4 is 4.31 Å². The lowest BCUT2D eigenvalue weighted by Crippen LogP contribution is -2.42. The van der Waals surface area contributed by atoms with Gasteiger partial charge in [0.1, 0.15) is 18.1 Å². The van der Waals surface area contributed by atoms with Crippen LogP contribution >= 0.6 is 0 Å². The number of sulfonamides is 1. The average Bonchev–Trinajstić information content (AvgIpc) is 3.73. The molecule has 0 N–H and O–H groups in total. The molecule has 0 bridgehead atoms. The molecule has 1 aliphatic carbocycles. The second-order valence-corrected chi connectivity index (χ2v) is 22.3. The molecular formula is C37H49F3N4O5SSi. The number of hydrogen-bond donors (Lipinski definition) is 0. The molecule has 1 aromatic heterocycles. The van der Waals surface area contributed by atoms with Gasteiger partial charge in [-0.25, -0.2) is 12.7 Å². The summed E-state index contributed by atoms with van der Waals surface area (Å²) in [6.07, 6.45) is -0.342. The number of aromatic nitrogens is 1. The third-order valence-electron chi connectivity index (χ3n) is 10.1. The molecule has 278 valence electrons. The summed E-state index contributed by atoms with van der Waals surface area (Å²) in [5.74, 6) is 0.574. The van der Waals surface area contributed by atoms with Gasteiger partial charge in [0.05, 0.1) is 31.6 Å². The number of hydrogen-bond acceptors (Lipinski definition) is 7. The number of amides is 1. The Labute approximate surface area is 300 Å². The normalized spacial score (nSPS) is 17.0. The van der Waals surface area contributed by atoms with Crippen molar-refractivity contribution in [2.45, 2.75) is 128 Å². The molecule has 2 aliphatic rings. The van der Waals surface area contributed by atoms with Crippen LogP contribution in [0.2, 0.25) is 19.6 Å². The maximum atomic E-state index is 14.6. The van der Waals surface area contributed by atoms with Crippen LogP contribution in [0.15, 0.2) is 56.9 Å². The maximum Gasteiger partial charge on any atom is 0.393 e. The number of anilines is 1. The maximum absolute atomic E-state index is 14.6. The highest BCUT2D eigenvalue weighted by Crippen LogP contribution is 2.41. The summed E-state index contributed by atoms with van der Waals surface area (Å²) in [6, 6.07) is 10.7. The highest BCUT2D eigenvalue weighted by atomic mass is 32.2. The van der Waals surface area contributed by atoms with Gasteiger partial charge in [-0.2, -0.15) is 13.2 Å². The number of alkyl halides is 3. The van der Waals surface area contributed by atoms with Crippen LogP contribution in [-0.4, -0.2) is 62.5 Å². The lowest BCUT2D eigenvalue weighted by Gasteiger charge is -2.29. The number of aliphatic imine (C=N–C) groups is 1. The van der Waals surface area contributed by atoms with E-state index in [-0.39, 0.29) is 52.4 Å². The van der Waals surface area contributed by atoms with E-state index in [0.717, 1.165) is 30.0 Å². The molecule has 3 aromatic rings. The molecule has 1 atom stereocenters. The Morgan fingerprint density at radius 1 is 1.08 bits per heavy atom. The lowest BCUT2D eigenvalue weighted by atomic mass is 9.94. The molecule has 0 radical (unpaired) electrons. The number of benzene rings is 2. The molecule has 2 aromatic carbocycles. The minimum absolute atomic E-state index is 0.0215. The topological polar surface area (TPSA) is 105 Å². The van der Waals surface area contributed by atoms with Crippen molar-refractivity contribution in [3.05, 3.63) is 64.8 Å². The molecule has 1 spiro atoms. The van der Waals surface area contributed by atoms with Gasteiger partial charge in [-0.3, -0.25) is 14.7 Å². The molecule has 2 heterocycles. The summed E-state index contributed by atoms with van der Waals surface area (Å²) >= 11 is 0. The largest absolute Gasteiger partial charge is 0.393 e. The highest BCUT2D eigenvalue weighted by molar-refractivity contribution is 7.93. The summed E-state index contributed by atoms with van der Waals surface area (Å²) in [5.41, 5.74) is 0.642. The summed E-state index contributed by atoms with van der Waals surface area (Å²) in [6.45, 7) is 13.4. The quantitative estimate of drug-likeness (QED) is 0.121.